The molecule has 0 heterocycles. The molecule has 0 radical (unpaired) electrons. The van der Waals surface area contributed by atoms with Gasteiger partial charge in [-0.05, 0) is 84.7 Å². The standard InChI is InChI=1S/C31H41N3O3/c1-23(21-31(3,4)5)18-19-36-30-20-26(12-17-29(30)33-32)34(25-10-8-7-9-11-25)22-24(2)37-28-15-13-27(35-6)14-16-28/h7-17,20,23-24,32H,18-19,21-22H2,1-6H3/p+1. The Hall–Kier alpha value is -3.54. The van der Waals surface area contributed by atoms with Gasteiger partial charge in [0.25, 0.3) is 0 Å². The van der Waals surface area contributed by atoms with Crippen LogP contribution in [0.2, 0.25) is 0 Å². The van der Waals surface area contributed by atoms with Crippen molar-refractivity contribution in [2.75, 3.05) is 25.2 Å². The lowest BCUT2D eigenvalue weighted by molar-refractivity contribution is -0.210. The van der Waals surface area contributed by atoms with E-state index in [1.54, 1.807) is 7.11 Å². The Morgan fingerprint density at radius 3 is 2.19 bits per heavy atom. The smallest absolute Gasteiger partial charge is 0.171 e. The van der Waals surface area contributed by atoms with E-state index in [9.17, 15) is 0 Å². The van der Waals surface area contributed by atoms with Crippen molar-refractivity contribution < 1.29 is 19.7 Å². The van der Waals surface area contributed by atoms with Crippen LogP contribution in [0.3, 0.4) is 0 Å². The van der Waals surface area contributed by atoms with Crippen LogP contribution >= 0.6 is 0 Å². The van der Waals surface area contributed by atoms with E-state index >= 15 is 0 Å². The number of ether oxygens (including phenoxy) is 3. The van der Waals surface area contributed by atoms with Crippen molar-refractivity contribution in [3.8, 4) is 17.2 Å². The van der Waals surface area contributed by atoms with E-state index in [1.807, 2.05) is 60.7 Å². The molecule has 6 heteroatoms. The molecule has 0 spiro atoms. The molecule has 0 amide bonds. The molecule has 0 aliphatic heterocycles. The Labute approximate surface area is 222 Å². The number of nitrogens with two attached hydrogens (primary N) is 1. The van der Waals surface area contributed by atoms with Gasteiger partial charge in [0.2, 0.25) is 0 Å². The minimum atomic E-state index is -0.0879. The molecule has 2 atom stereocenters. The molecule has 0 aliphatic rings. The third-order valence-electron chi connectivity index (χ3n) is 6.13. The first-order valence-electron chi connectivity index (χ1n) is 13.0. The van der Waals surface area contributed by atoms with Gasteiger partial charge in [0.15, 0.2) is 11.4 Å². The third-order valence-corrected chi connectivity index (χ3v) is 6.13. The molecule has 0 fully saturated rings. The zero-order valence-electron chi connectivity index (χ0n) is 23.1. The summed E-state index contributed by atoms with van der Waals surface area (Å²) in [6.45, 7) is 12.4. The summed E-state index contributed by atoms with van der Waals surface area (Å²) in [4.78, 5) is 2.23. The van der Waals surface area contributed by atoms with E-state index < -0.39 is 0 Å². The van der Waals surface area contributed by atoms with Crippen molar-refractivity contribution in [1.82, 2.24) is 0 Å². The average Bonchev–Trinajstić information content (AvgIpc) is 2.87. The Morgan fingerprint density at radius 2 is 1.57 bits per heavy atom. The van der Waals surface area contributed by atoms with E-state index in [-0.39, 0.29) is 6.10 Å². The highest BCUT2D eigenvalue weighted by molar-refractivity contribution is 5.68. The van der Waals surface area contributed by atoms with Gasteiger partial charge in [-0.25, -0.2) is 0 Å². The number of hydrogen-bond acceptors (Lipinski definition) is 5. The van der Waals surface area contributed by atoms with Crippen LogP contribution in [0, 0.1) is 11.3 Å². The fourth-order valence-corrected chi connectivity index (χ4v) is 4.56. The van der Waals surface area contributed by atoms with Crippen LogP contribution in [-0.2, 0) is 0 Å². The van der Waals surface area contributed by atoms with E-state index in [1.165, 1.54) is 0 Å². The summed E-state index contributed by atoms with van der Waals surface area (Å²) in [5, 5.41) is 3.95. The average molecular weight is 505 g/mol. The first-order valence-corrected chi connectivity index (χ1v) is 13.0. The fourth-order valence-electron chi connectivity index (χ4n) is 4.56. The maximum atomic E-state index is 6.23. The van der Waals surface area contributed by atoms with Crippen LogP contribution in [0.4, 0.5) is 17.1 Å². The van der Waals surface area contributed by atoms with Gasteiger partial charge in [-0.15, -0.1) is 0 Å². The van der Waals surface area contributed by atoms with E-state index in [2.05, 4.69) is 56.8 Å². The van der Waals surface area contributed by atoms with Gasteiger partial charge in [0.05, 0.1) is 20.3 Å². The maximum Gasteiger partial charge on any atom is 0.171 e. The lowest BCUT2D eigenvalue weighted by Gasteiger charge is -2.29. The van der Waals surface area contributed by atoms with Gasteiger partial charge in [-0.3, -0.25) is 0 Å². The Bertz CT molecular complexity index is 1110. The molecular formula is C31H42N3O3+. The van der Waals surface area contributed by atoms with Crippen LogP contribution in [0.5, 0.6) is 17.2 Å². The lowest BCUT2D eigenvalue weighted by Crippen LogP contribution is -2.30. The number of methoxy groups -OCH3 is 1. The number of para-hydroxylation sites is 1. The molecule has 198 valence electrons. The molecule has 2 N–H and O–H groups in total. The molecule has 3 rings (SSSR count). The quantitative estimate of drug-likeness (QED) is 0.255. The molecule has 3 aromatic carbocycles. The highest BCUT2D eigenvalue weighted by Gasteiger charge is 2.19. The number of hydrogen-bond donors (Lipinski definition) is 1. The summed E-state index contributed by atoms with van der Waals surface area (Å²) in [5.41, 5.74) is 8.69. The highest BCUT2D eigenvalue weighted by atomic mass is 16.5. The molecule has 6 nitrogen and oxygen atoms in total. The van der Waals surface area contributed by atoms with Crippen LogP contribution in [0.15, 0.2) is 77.9 Å². The SMILES string of the molecule is COc1ccc(OC(C)CN(c2ccccc2)c2ccc(N=[NH2+])c(OCCC(C)CC(C)(C)C)c2)cc1. The first kappa shape index (κ1) is 28.0. The summed E-state index contributed by atoms with van der Waals surface area (Å²) < 4.78 is 17.7. The first-order chi connectivity index (χ1) is 17.7. The molecule has 0 aliphatic carbocycles. The lowest BCUT2D eigenvalue weighted by atomic mass is 9.84. The number of anilines is 2. The summed E-state index contributed by atoms with van der Waals surface area (Å²) in [6.07, 6.45) is 2.04. The highest BCUT2D eigenvalue weighted by Crippen LogP contribution is 2.35. The Kier molecular flexibility index (Phi) is 9.95. The number of benzene rings is 3. The third kappa shape index (κ3) is 8.81. The summed E-state index contributed by atoms with van der Waals surface area (Å²) in [5.74, 6) is 2.86. The van der Waals surface area contributed by atoms with E-state index in [4.69, 9.17) is 19.7 Å². The molecular weight excluding hydrogens is 462 g/mol. The minimum absolute atomic E-state index is 0.0879. The predicted octanol–water partition coefficient (Wildman–Crippen LogP) is 6.98. The second kappa shape index (κ2) is 13.1. The zero-order valence-corrected chi connectivity index (χ0v) is 23.1. The van der Waals surface area contributed by atoms with Crippen molar-refractivity contribution in [3.63, 3.8) is 0 Å². The van der Waals surface area contributed by atoms with Crippen molar-refractivity contribution >= 4 is 17.1 Å². The molecule has 0 aromatic heterocycles. The van der Waals surface area contributed by atoms with Gasteiger partial charge in [-0.2, -0.15) is 5.53 Å². The Balaban J connectivity index is 1.78. The second-order valence-electron chi connectivity index (χ2n) is 10.8. The van der Waals surface area contributed by atoms with Crippen LogP contribution in [0.1, 0.15) is 47.5 Å². The van der Waals surface area contributed by atoms with Crippen LogP contribution in [0.25, 0.3) is 0 Å². The molecule has 2 unspecified atom stereocenters. The van der Waals surface area contributed by atoms with Gasteiger partial charge >= 0.3 is 0 Å². The van der Waals surface area contributed by atoms with Crippen molar-refractivity contribution in [2.24, 2.45) is 16.4 Å². The van der Waals surface area contributed by atoms with Crippen LogP contribution in [-0.4, -0.2) is 26.4 Å². The maximum absolute atomic E-state index is 6.23. The minimum Gasteiger partial charge on any atom is -0.497 e. The van der Waals surface area contributed by atoms with Gasteiger partial charge in [0.1, 0.15) is 17.6 Å². The predicted molar refractivity (Wildman–Crippen MR) is 150 cm³/mol. The zero-order chi connectivity index (χ0) is 26.8. The summed E-state index contributed by atoms with van der Waals surface area (Å²) in [7, 11) is 1.66. The number of nitrogens with zero attached hydrogens (tertiary/aromatic N) is 2. The molecule has 37 heavy (non-hydrogen) atoms. The van der Waals surface area contributed by atoms with E-state index in [0.717, 1.165) is 35.7 Å². The summed E-state index contributed by atoms with van der Waals surface area (Å²) in [6, 6.07) is 23.9. The van der Waals surface area contributed by atoms with Crippen molar-refractivity contribution in [2.45, 2.75) is 53.6 Å². The van der Waals surface area contributed by atoms with Gasteiger partial charge < -0.3 is 19.1 Å². The largest absolute Gasteiger partial charge is 0.497 e. The number of rotatable bonds is 13. The van der Waals surface area contributed by atoms with Gasteiger partial charge in [-0.1, -0.05) is 45.9 Å². The molecule has 3 aromatic rings. The van der Waals surface area contributed by atoms with Gasteiger partial charge in [0, 0.05) is 17.4 Å². The molecule has 0 bridgehead atoms. The fraction of sp³-hybridized carbons (Fsp3) is 0.419. The molecule has 0 saturated carbocycles. The summed E-state index contributed by atoms with van der Waals surface area (Å²) >= 11 is 0. The monoisotopic (exact) mass is 504 g/mol. The normalized spacial score (nSPS) is 12.9. The Morgan fingerprint density at radius 1 is 0.892 bits per heavy atom. The second-order valence-corrected chi connectivity index (χ2v) is 10.8. The van der Waals surface area contributed by atoms with E-state index in [0.29, 0.717) is 35.9 Å². The molecule has 0 saturated heterocycles. The van der Waals surface area contributed by atoms with Crippen molar-refractivity contribution in [3.05, 3.63) is 72.8 Å². The van der Waals surface area contributed by atoms with Crippen LogP contribution < -0.4 is 24.6 Å². The van der Waals surface area contributed by atoms with Crippen molar-refractivity contribution in [1.29, 1.82) is 0 Å². The topological polar surface area (TPSA) is 68.9 Å².